The molecule has 0 saturated heterocycles. The quantitative estimate of drug-likeness (QED) is 0.317. The van der Waals surface area contributed by atoms with Crippen LogP contribution in [0.25, 0.3) is 27.5 Å². The zero-order chi connectivity index (χ0) is 23.1. The first-order valence-electron chi connectivity index (χ1n) is 12.1. The molecule has 8 rings (SSSR count). The largest absolute Gasteiger partial charge is 0.310 e. The Hall–Kier alpha value is -3.77. The Balaban J connectivity index is 1.70. The molecule has 0 radical (unpaired) electrons. The number of fused-ring (bicyclic) bond motifs is 4. The number of hydrogen-bond donors (Lipinski definition) is 0. The maximum absolute atomic E-state index is 9.61. The van der Waals surface area contributed by atoms with Crippen LogP contribution in [0.5, 0.6) is 0 Å². The normalized spacial score (nSPS) is 17.2. The summed E-state index contributed by atoms with van der Waals surface area (Å²) in [5.74, 6) is 0. The minimum absolute atomic E-state index is 0.0664. The van der Waals surface area contributed by atoms with Gasteiger partial charge in [-0.3, -0.25) is 0 Å². The SMILES string of the molecule is CC1(C)c2cccc3c2B2c4c1cccc4C(C)(C)c1ccc4c5cc(C#N)ccc5n-3c4c12. The second-order valence-corrected chi connectivity index (χ2v) is 11.3. The van der Waals surface area contributed by atoms with Gasteiger partial charge in [-0.25, -0.2) is 0 Å². The lowest BCUT2D eigenvalue weighted by molar-refractivity contribution is 0.621. The molecule has 0 bridgehead atoms. The number of benzene rings is 4. The molecule has 0 aliphatic carbocycles. The van der Waals surface area contributed by atoms with Gasteiger partial charge < -0.3 is 4.57 Å². The Morgan fingerprint density at radius 2 is 1.35 bits per heavy atom. The fourth-order valence-electron chi connectivity index (χ4n) is 7.58. The van der Waals surface area contributed by atoms with Crippen LogP contribution in [0.2, 0.25) is 0 Å². The van der Waals surface area contributed by atoms with Gasteiger partial charge in [0.1, 0.15) is 0 Å². The van der Waals surface area contributed by atoms with Crippen molar-refractivity contribution in [3.63, 3.8) is 0 Å². The van der Waals surface area contributed by atoms with Gasteiger partial charge in [0.05, 0.1) is 17.1 Å². The molecule has 4 heterocycles. The molecule has 0 amide bonds. The van der Waals surface area contributed by atoms with Gasteiger partial charge in [-0.05, 0) is 57.4 Å². The molecule has 3 aliphatic rings. The molecule has 34 heavy (non-hydrogen) atoms. The molecule has 3 aliphatic heterocycles. The van der Waals surface area contributed by atoms with Crippen molar-refractivity contribution in [3.05, 3.63) is 94.5 Å². The summed E-state index contributed by atoms with van der Waals surface area (Å²) < 4.78 is 2.49. The van der Waals surface area contributed by atoms with Crippen LogP contribution in [-0.2, 0) is 10.8 Å². The maximum atomic E-state index is 9.61. The molecule has 0 fully saturated rings. The van der Waals surface area contributed by atoms with Crippen LogP contribution in [0.15, 0.2) is 66.7 Å². The van der Waals surface area contributed by atoms with E-state index in [0.29, 0.717) is 5.56 Å². The van der Waals surface area contributed by atoms with Gasteiger partial charge in [0.15, 0.2) is 0 Å². The van der Waals surface area contributed by atoms with E-state index in [1.807, 2.05) is 6.07 Å². The zero-order valence-electron chi connectivity index (χ0n) is 19.8. The zero-order valence-corrected chi connectivity index (χ0v) is 19.8. The summed E-state index contributed by atoms with van der Waals surface area (Å²) in [6.07, 6.45) is 0. The maximum Gasteiger partial charge on any atom is 0.248 e. The van der Waals surface area contributed by atoms with Crippen LogP contribution in [0.4, 0.5) is 0 Å². The lowest BCUT2D eigenvalue weighted by atomic mass is 9.26. The molecule has 0 spiro atoms. The monoisotopic (exact) mass is 434 g/mol. The first kappa shape index (κ1) is 18.6. The molecule has 0 saturated carbocycles. The number of hydrogen-bond acceptors (Lipinski definition) is 1. The Bertz CT molecular complexity index is 1810. The number of nitriles is 1. The fraction of sp³-hybridized carbons (Fsp3) is 0.194. The summed E-state index contributed by atoms with van der Waals surface area (Å²) in [5.41, 5.74) is 14.6. The standard InChI is InChI=1S/C31H23BN2/c1-30(2)20-7-5-8-21-26(20)32-27-22(30)9-6-10-25(27)34-24-14-11-17(16-33)15-19(24)18-12-13-23(31(21,3)4)28(32)29(18)34/h5-15H,1-4H3. The average Bonchev–Trinajstić information content (AvgIpc) is 3.17. The minimum Gasteiger partial charge on any atom is -0.310 e. The summed E-state index contributed by atoms with van der Waals surface area (Å²) in [7, 11) is 0. The summed E-state index contributed by atoms with van der Waals surface area (Å²) in [6.45, 7) is 9.81. The van der Waals surface area contributed by atoms with E-state index in [1.54, 1.807) is 0 Å². The van der Waals surface area contributed by atoms with Crippen molar-refractivity contribution >= 4 is 44.9 Å². The van der Waals surface area contributed by atoms with E-state index in [9.17, 15) is 5.26 Å². The highest BCUT2D eigenvalue weighted by molar-refractivity contribution is 7.00. The molecule has 1 aromatic heterocycles. The molecule has 5 aromatic rings. The highest BCUT2D eigenvalue weighted by Gasteiger charge is 2.51. The molecular formula is C31H23BN2. The number of aromatic nitrogens is 1. The molecule has 2 nitrogen and oxygen atoms in total. The molecule has 0 atom stereocenters. The van der Waals surface area contributed by atoms with Gasteiger partial charge in [0.25, 0.3) is 0 Å². The second-order valence-electron chi connectivity index (χ2n) is 11.3. The van der Waals surface area contributed by atoms with E-state index in [0.717, 1.165) is 0 Å². The first-order valence-corrected chi connectivity index (χ1v) is 12.1. The van der Waals surface area contributed by atoms with E-state index in [4.69, 9.17) is 0 Å². The van der Waals surface area contributed by atoms with Gasteiger partial charge in [-0.15, -0.1) is 0 Å². The van der Waals surface area contributed by atoms with Crippen molar-refractivity contribution in [3.8, 4) is 11.8 Å². The van der Waals surface area contributed by atoms with Gasteiger partial charge in [0.2, 0.25) is 6.71 Å². The number of nitrogens with zero attached hydrogens (tertiary/aromatic N) is 2. The topological polar surface area (TPSA) is 28.7 Å². The smallest absolute Gasteiger partial charge is 0.248 e. The molecule has 3 heteroatoms. The van der Waals surface area contributed by atoms with Gasteiger partial charge in [-0.1, -0.05) is 75.6 Å². The van der Waals surface area contributed by atoms with Crippen molar-refractivity contribution in [1.82, 2.24) is 4.57 Å². The Labute approximate surface area is 199 Å². The molecule has 0 N–H and O–H groups in total. The highest BCUT2D eigenvalue weighted by atomic mass is 15.0. The van der Waals surface area contributed by atoms with E-state index in [-0.39, 0.29) is 17.5 Å². The third-order valence-electron chi connectivity index (χ3n) is 9.09. The van der Waals surface area contributed by atoms with Gasteiger partial charge in [0, 0.05) is 32.8 Å². The van der Waals surface area contributed by atoms with Crippen molar-refractivity contribution in [2.24, 2.45) is 0 Å². The predicted octanol–water partition coefficient (Wildman–Crippen LogP) is 4.76. The molecule has 0 unspecified atom stereocenters. The summed E-state index contributed by atoms with van der Waals surface area (Å²) in [6, 6.07) is 27.0. The molecular weight excluding hydrogens is 411 g/mol. The molecule has 160 valence electrons. The minimum atomic E-state index is -0.0790. The third kappa shape index (κ3) is 1.79. The lowest BCUT2D eigenvalue weighted by Crippen LogP contribution is -2.68. The van der Waals surface area contributed by atoms with E-state index in [1.165, 1.54) is 66.1 Å². The van der Waals surface area contributed by atoms with Crippen LogP contribution in [0, 0.1) is 11.3 Å². The van der Waals surface area contributed by atoms with Crippen LogP contribution in [0.3, 0.4) is 0 Å². The lowest BCUT2D eigenvalue weighted by Gasteiger charge is -2.48. The first-order chi connectivity index (χ1) is 16.4. The average molecular weight is 434 g/mol. The van der Waals surface area contributed by atoms with Crippen molar-refractivity contribution in [2.45, 2.75) is 38.5 Å². The van der Waals surface area contributed by atoms with Crippen LogP contribution < -0.4 is 16.4 Å². The van der Waals surface area contributed by atoms with Gasteiger partial charge in [-0.2, -0.15) is 5.26 Å². The Morgan fingerprint density at radius 3 is 2.06 bits per heavy atom. The fourth-order valence-corrected chi connectivity index (χ4v) is 7.58. The van der Waals surface area contributed by atoms with Crippen LogP contribution >= 0.6 is 0 Å². The van der Waals surface area contributed by atoms with Crippen molar-refractivity contribution in [1.29, 1.82) is 5.26 Å². The number of rotatable bonds is 0. The summed E-state index contributed by atoms with van der Waals surface area (Å²) >= 11 is 0. The van der Waals surface area contributed by atoms with Crippen LogP contribution in [-0.4, -0.2) is 11.3 Å². The van der Waals surface area contributed by atoms with Crippen molar-refractivity contribution in [2.75, 3.05) is 0 Å². The molecule has 4 aromatic carbocycles. The van der Waals surface area contributed by atoms with Crippen LogP contribution in [0.1, 0.15) is 55.5 Å². The van der Waals surface area contributed by atoms with E-state index in [2.05, 4.69) is 99.0 Å². The summed E-state index contributed by atoms with van der Waals surface area (Å²) in [5, 5.41) is 12.0. The Kier molecular flexibility index (Phi) is 3.00. The third-order valence-corrected chi connectivity index (χ3v) is 9.09. The summed E-state index contributed by atoms with van der Waals surface area (Å²) in [4.78, 5) is 0. The van der Waals surface area contributed by atoms with Gasteiger partial charge >= 0.3 is 0 Å². The van der Waals surface area contributed by atoms with Crippen molar-refractivity contribution < 1.29 is 0 Å². The predicted molar refractivity (Wildman–Crippen MR) is 141 cm³/mol. The van der Waals surface area contributed by atoms with E-state index >= 15 is 0 Å². The van der Waals surface area contributed by atoms with E-state index < -0.39 is 0 Å². The second kappa shape index (κ2) is 5.48. The highest BCUT2D eigenvalue weighted by Crippen LogP contribution is 2.45. The Morgan fingerprint density at radius 1 is 0.706 bits per heavy atom.